The molecular weight excluding hydrogens is 240 g/mol. The quantitative estimate of drug-likeness (QED) is 0.662. The van der Waals surface area contributed by atoms with E-state index in [1.807, 2.05) is 18.2 Å². The van der Waals surface area contributed by atoms with Crippen molar-refractivity contribution < 1.29 is 0 Å². The molecule has 1 unspecified atom stereocenters. The van der Waals surface area contributed by atoms with Crippen LogP contribution >= 0.6 is 11.6 Å². The van der Waals surface area contributed by atoms with Crippen LogP contribution in [0.1, 0.15) is 46.4 Å². The summed E-state index contributed by atoms with van der Waals surface area (Å²) in [5.74, 6) is 0.809. The van der Waals surface area contributed by atoms with Crippen molar-refractivity contribution in [2.24, 2.45) is 0 Å². The fourth-order valence-corrected chi connectivity index (χ4v) is 2.85. The summed E-state index contributed by atoms with van der Waals surface area (Å²) in [6, 6.07) is 17.0. The van der Waals surface area contributed by atoms with E-state index < -0.39 is 0 Å². The van der Waals surface area contributed by atoms with Crippen LogP contribution in [-0.2, 0) is 0 Å². The number of hydrogen-bond acceptors (Lipinski definition) is 0. The molecule has 0 nitrogen and oxygen atoms in total. The minimum atomic E-state index is -0.0422. The molecule has 1 heteroatoms. The van der Waals surface area contributed by atoms with Crippen molar-refractivity contribution in [2.75, 3.05) is 0 Å². The van der Waals surface area contributed by atoms with Gasteiger partial charge >= 0.3 is 0 Å². The molecule has 0 bridgehead atoms. The van der Waals surface area contributed by atoms with Gasteiger partial charge in [-0.15, -0.1) is 11.6 Å². The van der Waals surface area contributed by atoms with E-state index in [0.29, 0.717) is 0 Å². The van der Waals surface area contributed by atoms with Gasteiger partial charge in [0.1, 0.15) is 0 Å². The number of halogens is 1. The van der Waals surface area contributed by atoms with Crippen LogP contribution in [0.15, 0.2) is 48.5 Å². The SMILES string of the molecule is Cc1cc(C2CC2)ccc1C(Cl)c1ccccc1. The Hall–Kier alpha value is -1.27. The van der Waals surface area contributed by atoms with E-state index in [0.717, 1.165) is 5.92 Å². The van der Waals surface area contributed by atoms with E-state index in [-0.39, 0.29) is 5.38 Å². The van der Waals surface area contributed by atoms with Gasteiger partial charge in [0, 0.05) is 0 Å². The minimum absolute atomic E-state index is 0.0422. The molecule has 0 aromatic heterocycles. The number of rotatable bonds is 3. The summed E-state index contributed by atoms with van der Waals surface area (Å²) in [6.45, 7) is 2.17. The molecule has 0 heterocycles. The van der Waals surface area contributed by atoms with E-state index in [2.05, 4.69) is 37.3 Å². The van der Waals surface area contributed by atoms with Crippen LogP contribution in [0, 0.1) is 6.92 Å². The molecule has 0 saturated heterocycles. The topological polar surface area (TPSA) is 0 Å². The maximum Gasteiger partial charge on any atom is 0.0838 e. The molecule has 1 aliphatic carbocycles. The van der Waals surface area contributed by atoms with Crippen molar-refractivity contribution in [1.29, 1.82) is 0 Å². The van der Waals surface area contributed by atoms with Crippen molar-refractivity contribution in [1.82, 2.24) is 0 Å². The highest BCUT2D eigenvalue weighted by Crippen LogP contribution is 2.41. The lowest BCUT2D eigenvalue weighted by Crippen LogP contribution is -1.97. The Labute approximate surface area is 114 Å². The summed E-state index contributed by atoms with van der Waals surface area (Å²) in [5.41, 5.74) is 5.19. The highest BCUT2D eigenvalue weighted by Gasteiger charge is 2.24. The van der Waals surface area contributed by atoms with Gasteiger partial charge < -0.3 is 0 Å². The molecule has 18 heavy (non-hydrogen) atoms. The maximum absolute atomic E-state index is 6.58. The number of alkyl halides is 1. The second-order valence-corrected chi connectivity index (χ2v) is 5.60. The first kappa shape index (κ1) is 11.8. The fourth-order valence-electron chi connectivity index (χ4n) is 2.46. The number of aryl methyl sites for hydroxylation is 1. The number of hydrogen-bond donors (Lipinski definition) is 0. The largest absolute Gasteiger partial charge is 0.113 e. The van der Waals surface area contributed by atoms with Gasteiger partial charge in [-0.3, -0.25) is 0 Å². The summed E-state index contributed by atoms with van der Waals surface area (Å²) >= 11 is 6.58. The minimum Gasteiger partial charge on any atom is -0.113 e. The highest BCUT2D eigenvalue weighted by atomic mass is 35.5. The van der Waals surface area contributed by atoms with Crippen LogP contribution in [-0.4, -0.2) is 0 Å². The van der Waals surface area contributed by atoms with E-state index >= 15 is 0 Å². The molecule has 1 atom stereocenters. The zero-order chi connectivity index (χ0) is 12.5. The fraction of sp³-hybridized carbons (Fsp3) is 0.294. The molecule has 0 amide bonds. The molecule has 2 aromatic rings. The molecular formula is C17H17Cl. The van der Waals surface area contributed by atoms with Gasteiger partial charge in [-0.1, -0.05) is 48.5 Å². The van der Waals surface area contributed by atoms with Gasteiger partial charge in [0.2, 0.25) is 0 Å². The van der Waals surface area contributed by atoms with Gasteiger partial charge in [0.05, 0.1) is 5.38 Å². The summed E-state index contributed by atoms with van der Waals surface area (Å²) in [4.78, 5) is 0. The van der Waals surface area contributed by atoms with Gasteiger partial charge in [0.15, 0.2) is 0 Å². The third-order valence-electron chi connectivity index (χ3n) is 3.71. The maximum atomic E-state index is 6.58. The van der Waals surface area contributed by atoms with E-state index in [4.69, 9.17) is 11.6 Å². The van der Waals surface area contributed by atoms with Crippen molar-refractivity contribution in [3.8, 4) is 0 Å². The third kappa shape index (κ3) is 2.30. The highest BCUT2D eigenvalue weighted by molar-refractivity contribution is 6.22. The first-order chi connectivity index (χ1) is 8.75. The average Bonchev–Trinajstić information content (AvgIpc) is 3.23. The first-order valence-electron chi connectivity index (χ1n) is 6.55. The van der Waals surface area contributed by atoms with Crippen LogP contribution in [0.4, 0.5) is 0 Å². The Kier molecular flexibility index (Phi) is 3.13. The lowest BCUT2D eigenvalue weighted by molar-refractivity contribution is 1.07. The Bertz CT molecular complexity index is 541. The Morgan fingerprint density at radius 1 is 1.06 bits per heavy atom. The van der Waals surface area contributed by atoms with Crippen molar-refractivity contribution >= 4 is 11.6 Å². The van der Waals surface area contributed by atoms with Gasteiger partial charge in [-0.25, -0.2) is 0 Å². The first-order valence-corrected chi connectivity index (χ1v) is 6.99. The lowest BCUT2D eigenvalue weighted by Gasteiger charge is -2.14. The molecule has 1 saturated carbocycles. The van der Waals surface area contributed by atoms with Crippen LogP contribution in [0.25, 0.3) is 0 Å². The predicted molar refractivity (Wildman–Crippen MR) is 77.3 cm³/mol. The number of benzene rings is 2. The second-order valence-electron chi connectivity index (χ2n) is 5.16. The van der Waals surface area contributed by atoms with Gasteiger partial charge in [-0.05, 0) is 47.9 Å². The molecule has 0 spiro atoms. The predicted octanol–water partition coefficient (Wildman–Crippen LogP) is 5.20. The Morgan fingerprint density at radius 3 is 2.39 bits per heavy atom. The normalized spacial score (nSPS) is 16.6. The lowest BCUT2D eigenvalue weighted by atomic mass is 9.97. The summed E-state index contributed by atoms with van der Waals surface area (Å²) in [6.07, 6.45) is 2.70. The Morgan fingerprint density at radius 2 is 1.78 bits per heavy atom. The zero-order valence-electron chi connectivity index (χ0n) is 10.6. The molecule has 92 valence electrons. The van der Waals surface area contributed by atoms with Crippen LogP contribution in [0.3, 0.4) is 0 Å². The summed E-state index contributed by atoms with van der Waals surface area (Å²) in [5, 5.41) is -0.0422. The molecule has 3 rings (SSSR count). The van der Waals surface area contributed by atoms with E-state index in [1.54, 1.807) is 0 Å². The zero-order valence-corrected chi connectivity index (χ0v) is 11.3. The standard InChI is InChI=1S/C17H17Cl/c1-12-11-15(13-7-8-13)9-10-16(12)17(18)14-5-3-2-4-6-14/h2-6,9-11,13,17H,7-8H2,1H3. The second kappa shape index (κ2) is 4.78. The van der Waals surface area contributed by atoms with Gasteiger partial charge in [-0.2, -0.15) is 0 Å². The van der Waals surface area contributed by atoms with Crippen LogP contribution < -0.4 is 0 Å². The van der Waals surface area contributed by atoms with Crippen LogP contribution in [0.5, 0.6) is 0 Å². The monoisotopic (exact) mass is 256 g/mol. The van der Waals surface area contributed by atoms with Crippen LogP contribution in [0.2, 0.25) is 0 Å². The molecule has 1 aliphatic rings. The van der Waals surface area contributed by atoms with E-state index in [1.165, 1.54) is 35.1 Å². The van der Waals surface area contributed by atoms with E-state index in [9.17, 15) is 0 Å². The van der Waals surface area contributed by atoms with Crippen molar-refractivity contribution in [3.05, 3.63) is 70.8 Å². The molecule has 1 fully saturated rings. The third-order valence-corrected chi connectivity index (χ3v) is 4.19. The molecule has 0 aliphatic heterocycles. The summed E-state index contributed by atoms with van der Waals surface area (Å²) in [7, 11) is 0. The molecule has 0 radical (unpaired) electrons. The smallest absolute Gasteiger partial charge is 0.0838 e. The van der Waals surface area contributed by atoms with Crippen molar-refractivity contribution in [2.45, 2.75) is 31.1 Å². The summed E-state index contributed by atoms with van der Waals surface area (Å²) < 4.78 is 0. The molecule has 2 aromatic carbocycles. The Balaban J connectivity index is 1.92. The van der Waals surface area contributed by atoms with Gasteiger partial charge in [0.25, 0.3) is 0 Å². The average molecular weight is 257 g/mol. The molecule has 0 N–H and O–H groups in total. The van der Waals surface area contributed by atoms with Crippen molar-refractivity contribution in [3.63, 3.8) is 0 Å².